The number of ether oxygens (including phenoxy) is 2. The zero-order chi connectivity index (χ0) is 11.0. The molecule has 2 aliphatic rings. The molecule has 0 aromatic heterocycles. The van der Waals surface area contributed by atoms with Crippen molar-refractivity contribution in [3.63, 3.8) is 0 Å². The van der Waals surface area contributed by atoms with Crippen LogP contribution in [-0.2, 0) is 6.42 Å². The van der Waals surface area contributed by atoms with Gasteiger partial charge >= 0.3 is 0 Å². The second-order valence-electron chi connectivity index (χ2n) is 4.25. The molecule has 0 saturated heterocycles. The molecule has 0 spiro atoms. The quantitative estimate of drug-likeness (QED) is 0.670. The Balaban J connectivity index is 2.08. The molecule has 1 aliphatic carbocycles. The van der Waals surface area contributed by atoms with Gasteiger partial charge in [0.2, 0.25) is 0 Å². The molecule has 0 atom stereocenters. The van der Waals surface area contributed by atoms with Gasteiger partial charge in [0, 0.05) is 17.5 Å². The number of ketones is 1. The second kappa shape index (κ2) is 3.81. The van der Waals surface area contributed by atoms with Crippen molar-refractivity contribution in [1.29, 1.82) is 0 Å². The third-order valence-electron chi connectivity index (χ3n) is 3.17. The van der Waals surface area contributed by atoms with E-state index in [9.17, 15) is 4.79 Å². The van der Waals surface area contributed by atoms with E-state index in [0.29, 0.717) is 6.42 Å². The maximum Gasteiger partial charge on any atom is 0.165 e. The minimum absolute atomic E-state index is 0.225. The SMILES string of the molecule is O=C1CCc2c1ccc1c2OCCCCO1. The van der Waals surface area contributed by atoms with E-state index in [1.165, 1.54) is 0 Å². The molecule has 3 heteroatoms. The Bertz CT molecular complexity index is 437. The van der Waals surface area contributed by atoms with Gasteiger partial charge in [-0.05, 0) is 31.4 Å². The van der Waals surface area contributed by atoms with Gasteiger partial charge in [-0.25, -0.2) is 0 Å². The molecule has 0 unspecified atom stereocenters. The van der Waals surface area contributed by atoms with E-state index in [4.69, 9.17) is 9.47 Å². The van der Waals surface area contributed by atoms with Gasteiger partial charge in [0.15, 0.2) is 17.3 Å². The summed E-state index contributed by atoms with van der Waals surface area (Å²) < 4.78 is 11.4. The third-order valence-corrected chi connectivity index (χ3v) is 3.17. The van der Waals surface area contributed by atoms with E-state index in [-0.39, 0.29) is 5.78 Å². The normalized spacial score (nSPS) is 18.9. The van der Waals surface area contributed by atoms with E-state index >= 15 is 0 Å². The van der Waals surface area contributed by atoms with Gasteiger partial charge in [0.25, 0.3) is 0 Å². The standard InChI is InChI=1S/C13H14O3/c14-11-5-3-10-9(11)4-6-12-13(10)16-8-2-1-7-15-12/h4,6H,1-3,5,7-8H2. The summed E-state index contributed by atoms with van der Waals surface area (Å²) in [7, 11) is 0. The summed E-state index contributed by atoms with van der Waals surface area (Å²) in [6.07, 6.45) is 3.43. The molecule has 0 bridgehead atoms. The first-order valence-electron chi connectivity index (χ1n) is 5.81. The molecule has 0 N–H and O–H groups in total. The average molecular weight is 218 g/mol. The van der Waals surface area contributed by atoms with Crippen molar-refractivity contribution < 1.29 is 14.3 Å². The topological polar surface area (TPSA) is 35.5 Å². The monoisotopic (exact) mass is 218 g/mol. The van der Waals surface area contributed by atoms with Crippen molar-refractivity contribution in [1.82, 2.24) is 0 Å². The van der Waals surface area contributed by atoms with Gasteiger partial charge in [0.1, 0.15) is 0 Å². The summed E-state index contributed by atoms with van der Waals surface area (Å²) in [5.41, 5.74) is 1.87. The summed E-state index contributed by atoms with van der Waals surface area (Å²) in [5, 5.41) is 0. The summed E-state index contributed by atoms with van der Waals surface area (Å²) in [6.45, 7) is 1.46. The second-order valence-corrected chi connectivity index (χ2v) is 4.25. The molecule has 0 fully saturated rings. The lowest BCUT2D eigenvalue weighted by Gasteiger charge is -2.18. The molecular formula is C13H14O3. The summed E-state index contributed by atoms with van der Waals surface area (Å²) in [6, 6.07) is 3.73. The fourth-order valence-electron chi connectivity index (χ4n) is 2.32. The number of Topliss-reactive ketones (excluding diaryl/α,β-unsaturated/α-hetero) is 1. The molecule has 1 heterocycles. The van der Waals surface area contributed by atoms with Crippen LogP contribution in [0.1, 0.15) is 35.2 Å². The molecule has 0 amide bonds. The number of carbonyl (C=O) groups excluding carboxylic acids is 1. The summed E-state index contributed by atoms with van der Waals surface area (Å²) >= 11 is 0. The average Bonchev–Trinajstić information content (AvgIpc) is 2.61. The minimum Gasteiger partial charge on any atom is -0.490 e. The van der Waals surface area contributed by atoms with Crippen molar-refractivity contribution in [3.05, 3.63) is 23.3 Å². The molecular weight excluding hydrogens is 204 g/mol. The Morgan fingerprint density at radius 2 is 1.81 bits per heavy atom. The molecule has 84 valence electrons. The van der Waals surface area contributed by atoms with Crippen LogP contribution in [0.5, 0.6) is 11.5 Å². The van der Waals surface area contributed by atoms with Crippen LogP contribution in [0, 0.1) is 0 Å². The molecule has 16 heavy (non-hydrogen) atoms. The van der Waals surface area contributed by atoms with Crippen molar-refractivity contribution in [3.8, 4) is 11.5 Å². The fraction of sp³-hybridized carbons (Fsp3) is 0.462. The Morgan fingerprint density at radius 1 is 1.00 bits per heavy atom. The molecule has 1 aromatic rings. The highest BCUT2D eigenvalue weighted by Gasteiger charge is 2.26. The molecule has 0 radical (unpaired) electrons. The van der Waals surface area contributed by atoms with E-state index in [0.717, 1.165) is 55.1 Å². The number of fused-ring (bicyclic) bond motifs is 3. The van der Waals surface area contributed by atoms with E-state index in [1.54, 1.807) is 0 Å². The largest absolute Gasteiger partial charge is 0.490 e. The van der Waals surface area contributed by atoms with E-state index < -0.39 is 0 Å². The summed E-state index contributed by atoms with van der Waals surface area (Å²) in [4.78, 5) is 11.6. The van der Waals surface area contributed by atoms with E-state index in [2.05, 4.69) is 0 Å². The van der Waals surface area contributed by atoms with Gasteiger partial charge < -0.3 is 9.47 Å². The van der Waals surface area contributed by atoms with Gasteiger partial charge in [-0.3, -0.25) is 4.79 Å². The zero-order valence-corrected chi connectivity index (χ0v) is 9.12. The van der Waals surface area contributed by atoms with Crippen molar-refractivity contribution in [2.24, 2.45) is 0 Å². The van der Waals surface area contributed by atoms with Crippen LogP contribution >= 0.6 is 0 Å². The Morgan fingerprint density at radius 3 is 2.69 bits per heavy atom. The molecule has 3 rings (SSSR count). The number of hydrogen-bond donors (Lipinski definition) is 0. The molecule has 3 nitrogen and oxygen atoms in total. The van der Waals surface area contributed by atoms with Gasteiger partial charge in [-0.15, -0.1) is 0 Å². The van der Waals surface area contributed by atoms with E-state index in [1.807, 2.05) is 12.1 Å². The van der Waals surface area contributed by atoms with Crippen LogP contribution in [0.4, 0.5) is 0 Å². The number of carbonyl (C=O) groups is 1. The molecule has 1 aliphatic heterocycles. The first-order chi connectivity index (χ1) is 7.86. The predicted octanol–water partition coefficient (Wildman–Crippen LogP) is 2.37. The van der Waals surface area contributed by atoms with Crippen LogP contribution < -0.4 is 9.47 Å². The first kappa shape index (κ1) is 9.70. The van der Waals surface area contributed by atoms with Gasteiger partial charge in [-0.1, -0.05) is 0 Å². The minimum atomic E-state index is 0.225. The summed E-state index contributed by atoms with van der Waals surface area (Å²) in [5.74, 6) is 1.83. The van der Waals surface area contributed by atoms with Crippen molar-refractivity contribution in [2.75, 3.05) is 13.2 Å². The van der Waals surface area contributed by atoms with Crippen LogP contribution in [0.15, 0.2) is 12.1 Å². The fourth-order valence-corrected chi connectivity index (χ4v) is 2.32. The zero-order valence-electron chi connectivity index (χ0n) is 9.12. The van der Waals surface area contributed by atoms with Crippen LogP contribution in [0.2, 0.25) is 0 Å². The highest BCUT2D eigenvalue weighted by atomic mass is 16.5. The highest BCUT2D eigenvalue weighted by Crippen LogP contribution is 2.39. The number of benzene rings is 1. The predicted molar refractivity (Wildman–Crippen MR) is 59.3 cm³/mol. The number of rotatable bonds is 0. The Hall–Kier alpha value is -1.51. The number of hydrogen-bond acceptors (Lipinski definition) is 3. The Labute approximate surface area is 94.4 Å². The maximum absolute atomic E-state index is 11.6. The lowest BCUT2D eigenvalue weighted by Crippen LogP contribution is -2.10. The lowest BCUT2D eigenvalue weighted by molar-refractivity contribution is 0.0994. The van der Waals surface area contributed by atoms with Gasteiger partial charge in [-0.2, -0.15) is 0 Å². The van der Waals surface area contributed by atoms with Crippen LogP contribution in [0.3, 0.4) is 0 Å². The third kappa shape index (κ3) is 1.47. The first-order valence-corrected chi connectivity index (χ1v) is 5.81. The lowest BCUT2D eigenvalue weighted by atomic mass is 10.1. The van der Waals surface area contributed by atoms with Crippen molar-refractivity contribution >= 4 is 5.78 Å². The smallest absolute Gasteiger partial charge is 0.165 e. The Kier molecular flexibility index (Phi) is 2.31. The maximum atomic E-state index is 11.6. The molecule has 0 saturated carbocycles. The van der Waals surface area contributed by atoms with Gasteiger partial charge in [0.05, 0.1) is 13.2 Å². The van der Waals surface area contributed by atoms with Crippen molar-refractivity contribution in [2.45, 2.75) is 25.7 Å². The van der Waals surface area contributed by atoms with Crippen LogP contribution in [0.25, 0.3) is 0 Å². The highest BCUT2D eigenvalue weighted by molar-refractivity contribution is 6.01. The molecule has 1 aromatic carbocycles. The van der Waals surface area contributed by atoms with Crippen LogP contribution in [-0.4, -0.2) is 19.0 Å².